The van der Waals surface area contributed by atoms with E-state index in [4.69, 9.17) is 5.73 Å². The second kappa shape index (κ2) is 3.77. The number of ketones is 1. The highest BCUT2D eigenvalue weighted by atomic mass is 16.1. The van der Waals surface area contributed by atoms with E-state index < -0.39 is 0 Å². The van der Waals surface area contributed by atoms with Gasteiger partial charge in [0.1, 0.15) is 0 Å². The number of nitrogen functional groups attached to an aromatic ring is 1. The molecule has 1 aromatic carbocycles. The van der Waals surface area contributed by atoms with Crippen LogP contribution in [-0.4, -0.2) is 10.8 Å². The summed E-state index contributed by atoms with van der Waals surface area (Å²) in [5, 5.41) is 0. The number of aromatic nitrogens is 1. The van der Waals surface area contributed by atoms with E-state index >= 15 is 0 Å². The average molecular weight is 226 g/mol. The summed E-state index contributed by atoms with van der Waals surface area (Å²) in [6.07, 6.45) is 2.45. The number of H-pyrrole nitrogens is 1. The fourth-order valence-corrected chi connectivity index (χ4v) is 2.46. The molecule has 1 aliphatic rings. The van der Waals surface area contributed by atoms with Crippen molar-refractivity contribution in [3.8, 4) is 11.3 Å². The molecular formula is C14H14N2O. The van der Waals surface area contributed by atoms with E-state index in [-0.39, 0.29) is 5.78 Å². The molecule has 3 heteroatoms. The van der Waals surface area contributed by atoms with Crippen molar-refractivity contribution in [2.75, 3.05) is 5.73 Å². The number of hydrogen-bond donors (Lipinski definition) is 2. The number of nitrogens with one attached hydrogen (secondary N) is 1. The zero-order chi connectivity index (χ0) is 11.8. The smallest absolute Gasteiger partial charge is 0.166 e. The Bertz CT molecular complexity index is 569. The number of aromatic amines is 1. The summed E-state index contributed by atoms with van der Waals surface area (Å²) in [6, 6.07) is 9.90. The minimum atomic E-state index is 0.169. The Balaban J connectivity index is 2.17. The first-order valence-electron chi connectivity index (χ1n) is 5.86. The average Bonchev–Trinajstić information content (AvgIpc) is 2.69. The van der Waals surface area contributed by atoms with E-state index in [1.165, 1.54) is 0 Å². The summed E-state index contributed by atoms with van der Waals surface area (Å²) in [6.45, 7) is 0. The molecule has 0 fully saturated rings. The summed E-state index contributed by atoms with van der Waals surface area (Å²) in [5.41, 5.74) is 10.3. The van der Waals surface area contributed by atoms with Gasteiger partial charge in [0.15, 0.2) is 5.78 Å². The SMILES string of the molecule is Nc1c(-c2ccccc2)[nH]c2c1C(=O)CCC2. The minimum absolute atomic E-state index is 0.169. The molecule has 17 heavy (non-hydrogen) atoms. The number of anilines is 1. The summed E-state index contributed by atoms with van der Waals surface area (Å²) in [5.74, 6) is 0.169. The summed E-state index contributed by atoms with van der Waals surface area (Å²) < 4.78 is 0. The third-order valence-corrected chi connectivity index (χ3v) is 3.29. The van der Waals surface area contributed by atoms with Crippen molar-refractivity contribution in [1.29, 1.82) is 0 Å². The predicted molar refractivity (Wildman–Crippen MR) is 67.9 cm³/mol. The van der Waals surface area contributed by atoms with Gasteiger partial charge >= 0.3 is 0 Å². The minimum Gasteiger partial charge on any atom is -0.396 e. The summed E-state index contributed by atoms with van der Waals surface area (Å²) in [7, 11) is 0. The van der Waals surface area contributed by atoms with Gasteiger partial charge < -0.3 is 10.7 Å². The van der Waals surface area contributed by atoms with Crippen LogP contribution in [0.25, 0.3) is 11.3 Å². The van der Waals surface area contributed by atoms with Gasteiger partial charge in [0, 0.05) is 17.7 Å². The van der Waals surface area contributed by atoms with E-state index in [1.807, 2.05) is 30.3 Å². The van der Waals surface area contributed by atoms with Gasteiger partial charge in [0.2, 0.25) is 0 Å². The maximum Gasteiger partial charge on any atom is 0.166 e. The van der Waals surface area contributed by atoms with Crippen LogP contribution in [0.15, 0.2) is 30.3 Å². The molecule has 1 aliphatic carbocycles. The van der Waals surface area contributed by atoms with Crippen molar-refractivity contribution < 1.29 is 4.79 Å². The Morgan fingerprint density at radius 1 is 1.12 bits per heavy atom. The number of benzene rings is 1. The molecule has 3 rings (SSSR count). The standard InChI is InChI=1S/C14H14N2O/c15-13-12-10(7-4-8-11(12)17)16-14(13)9-5-2-1-3-6-9/h1-3,5-6,16H,4,7-8,15H2. The van der Waals surface area contributed by atoms with E-state index in [1.54, 1.807) is 0 Å². The van der Waals surface area contributed by atoms with E-state index in [0.717, 1.165) is 35.4 Å². The van der Waals surface area contributed by atoms with Crippen molar-refractivity contribution in [2.45, 2.75) is 19.3 Å². The van der Waals surface area contributed by atoms with Gasteiger partial charge in [-0.1, -0.05) is 30.3 Å². The molecule has 2 aromatic rings. The first-order chi connectivity index (χ1) is 8.27. The molecule has 0 amide bonds. The fourth-order valence-electron chi connectivity index (χ4n) is 2.46. The van der Waals surface area contributed by atoms with Crippen LogP contribution in [0.5, 0.6) is 0 Å². The van der Waals surface area contributed by atoms with Crippen molar-refractivity contribution >= 4 is 11.5 Å². The van der Waals surface area contributed by atoms with Gasteiger partial charge in [-0.25, -0.2) is 0 Å². The van der Waals surface area contributed by atoms with Crippen molar-refractivity contribution in [3.63, 3.8) is 0 Å². The highest BCUT2D eigenvalue weighted by Crippen LogP contribution is 2.34. The van der Waals surface area contributed by atoms with Crippen molar-refractivity contribution in [1.82, 2.24) is 4.98 Å². The number of nitrogens with two attached hydrogens (primary N) is 1. The topological polar surface area (TPSA) is 58.9 Å². The summed E-state index contributed by atoms with van der Waals surface area (Å²) >= 11 is 0. The number of aryl methyl sites for hydroxylation is 1. The molecule has 1 heterocycles. The monoisotopic (exact) mass is 226 g/mol. The Hall–Kier alpha value is -2.03. The molecule has 0 aliphatic heterocycles. The van der Waals surface area contributed by atoms with E-state index in [2.05, 4.69) is 4.98 Å². The van der Waals surface area contributed by atoms with Crippen LogP contribution >= 0.6 is 0 Å². The second-order valence-corrected chi connectivity index (χ2v) is 4.41. The third-order valence-electron chi connectivity index (χ3n) is 3.29. The third kappa shape index (κ3) is 1.55. The quantitative estimate of drug-likeness (QED) is 0.785. The molecular weight excluding hydrogens is 212 g/mol. The van der Waals surface area contributed by atoms with Crippen LogP contribution in [0.2, 0.25) is 0 Å². The van der Waals surface area contributed by atoms with Crippen LogP contribution in [0.1, 0.15) is 28.9 Å². The molecule has 0 atom stereocenters. The van der Waals surface area contributed by atoms with Gasteiger partial charge in [0.25, 0.3) is 0 Å². The predicted octanol–water partition coefficient (Wildman–Crippen LogP) is 2.78. The molecule has 0 bridgehead atoms. The van der Waals surface area contributed by atoms with Crippen LogP contribution in [-0.2, 0) is 6.42 Å². The molecule has 3 N–H and O–H groups in total. The molecule has 0 saturated heterocycles. The van der Waals surface area contributed by atoms with Gasteiger partial charge in [-0.15, -0.1) is 0 Å². The van der Waals surface area contributed by atoms with Crippen LogP contribution < -0.4 is 5.73 Å². The first-order valence-corrected chi connectivity index (χ1v) is 5.86. The lowest BCUT2D eigenvalue weighted by molar-refractivity contribution is 0.0973. The Morgan fingerprint density at radius 3 is 2.59 bits per heavy atom. The Kier molecular flexibility index (Phi) is 2.25. The van der Waals surface area contributed by atoms with Crippen LogP contribution in [0.4, 0.5) is 5.69 Å². The fraction of sp³-hybridized carbons (Fsp3) is 0.214. The van der Waals surface area contributed by atoms with Crippen molar-refractivity contribution in [3.05, 3.63) is 41.6 Å². The normalized spacial score (nSPS) is 14.7. The Morgan fingerprint density at radius 2 is 1.88 bits per heavy atom. The highest BCUT2D eigenvalue weighted by molar-refractivity contribution is 6.05. The van der Waals surface area contributed by atoms with Crippen LogP contribution in [0.3, 0.4) is 0 Å². The van der Waals surface area contributed by atoms with Gasteiger partial charge in [0.05, 0.1) is 16.9 Å². The molecule has 0 spiro atoms. The molecule has 3 nitrogen and oxygen atoms in total. The zero-order valence-corrected chi connectivity index (χ0v) is 9.49. The summed E-state index contributed by atoms with van der Waals surface area (Å²) in [4.78, 5) is 15.2. The molecule has 86 valence electrons. The van der Waals surface area contributed by atoms with Gasteiger partial charge in [-0.2, -0.15) is 0 Å². The lowest BCUT2D eigenvalue weighted by Crippen LogP contribution is -2.10. The maximum absolute atomic E-state index is 11.9. The van der Waals surface area contributed by atoms with E-state index in [9.17, 15) is 4.79 Å². The van der Waals surface area contributed by atoms with Gasteiger partial charge in [-0.05, 0) is 12.8 Å². The Labute approximate surface area is 99.7 Å². The molecule has 0 saturated carbocycles. The number of carbonyl (C=O) groups is 1. The molecule has 0 unspecified atom stereocenters. The first kappa shape index (κ1) is 10.1. The highest BCUT2D eigenvalue weighted by Gasteiger charge is 2.24. The number of hydrogen-bond acceptors (Lipinski definition) is 2. The zero-order valence-electron chi connectivity index (χ0n) is 9.49. The van der Waals surface area contributed by atoms with Crippen LogP contribution in [0, 0.1) is 0 Å². The van der Waals surface area contributed by atoms with Crippen molar-refractivity contribution in [2.24, 2.45) is 0 Å². The largest absolute Gasteiger partial charge is 0.396 e. The number of Topliss-reactive ketones (excluding diaryl/α,β-unsaturated/α-hetero) is 1. The number of carbonyl (C=O) groups excluding carboxylic acids is 1. The maximum atomic E-state index is 11.9. The molecule has 0 radical (unpaired) electrons. The van der Waals surface area contributed by atoms with Gasteiger partial charge in [-0.3, -0.25) is 4.79 Å². The molecule has 1 aromatic heterocycles. The lowest BCUT2D eigenvalue weighted by Gasteiger charge is -2.09. The lowest BCUT2D eigenvalue weighted by atomic mass is 9.95. The number of rotatable bonds is 1. The van der Waals surface area contributed by atoms with E-state index in [0.29, 0.717) is 12.1 Å². The second-order valence-electron chi connectivity index (χ2n) is 4.41. The number of fused-ring (bicyclic) bond motifs is 1.